The summed E-state index contributed by atoms with van der Waals surface area (Å²) >= 11 is 0. The van der Waals surface area contributed by atoms with E-state index in [9.17, 15) is 0 Å². The summed E-state index contributed by atoms with van der Waals surface area (Å²) in [5.41, 5.74) is 10.8. The van der Waals surface area contributed by atoms with Crippen molar-refractivity contribution in [3.05, 3.63) is 35.5 Å². The van der Waals surface area contributed by atoms with E-state index >= 15 is 0 Å². The van der Waals surface area contributed by atoms with Gasteiger partial charge in [-0.25, -0.2) is 0 Å². The molecule has 1 aromatic heterocycles. The molecule has 2 aromatic rings. The molecule has 0 fully saturated rings. The molecule has 3 heteroatoms. The molecule has 0 spiro atoms. The maximum atomic E-state index is 6.14. The Morgan fingerprint density at radius 3 is 2.33 bits per heavy atom. The van der Waals surface area contributed by atoms with Crippen molar-refractivity contribution in [2.75, 3.05) is 5.73 Å². The Kier molecular flexibility index (Phi) is 3.41. The highest BCUT2D eigenvalue weighted by atomic mass is 15.3. The monoisotopic (exact) mass is 243 g/mol. The largest absolute Gasteiger partial charge is 0.383 e. The van der Waals surface area contributed by atoms with Crippen LogP contribution in [0.4, 0.5) is 5.82 Å². The van der Waals surface area contributed by atoms with E-state index in [1.807, 2.05) is 7.05 Å². The maximum absolute atomic E-state index is 6.14. The van der Waals surface area contributed by atoms with Gasteiger partial charge in [-0.1, -0.05) is 45.0 Å². The van der Waals surface area contributed by atoms with Crippen LogP contribution in [-0.2, 0) is 13.5 Å². The number of aryl methyl sites for hydroxylation is 2. The topological polar surface area (TPSA) is 43.8 Å². The molecule has 96 valence electrons. The van der Waals surface area contributed by atoms with Gasteiger partial charge in [0.15, 0.2) is 0 Å². The van der Waals surface area contributed by atoms with E-state index in [-0.39, 0.29) is 0 Å². The van der Waals surface area contributed by atoms with E-state index in [0.717, 1.165) is 29.1 Å². The average molecular weight is 243 g/mol. The molecule has 2 N–H and O–H groups in total. The number of nitrogens with zero attached hydrogens (tertiary/aromatic N) is 2. The summed E-state index contributed by atoms with van der Waals surface area (Å²) in [6.07, 6.45) is 1.06. The fourth-order valence-electron chi connectivity index (χ4n) is 2.17. The number of nitrogens with two attached hydrogens (primary N) is 1. The van der Waals surface area contributed by atoms with Crippen molar-refractivity contribution in [3.63, 3.8) is 0 Å². The number of hydrogen-bond acceptors (Lipinski definition) is 2. The molecular weight excluding hydrogens is 222 g/mol. The number of benzene rings is 1. The standard InChI is InChI=1S/C15H21N3/c1-5-11-6-8-12(9-7-11)13-14(10(2)3)17-18(4)15(13)16/h6-10H,5,16H2,1-4H3. The van der Waals surface area contributed by atoms with E-state index < -0.39 is 0 Å². The number of hydrogen-bond donors (Lipinski definition) is 1. The van der Waals surface area contributed by atoms with E-state index in [1.54, 1.807) is 4.68 Å². The van der Waals surface area contributed by atoms with Crippen molar-refractivity contribution >= 4 is 5.82 Å². The van der Waals surface area contributed by atoms with Gasteiger partial charge >= 0.3 is 0 Å². The zero-order valence-corrected chi connectivity index (χ0v) is 11.6. The predicted molar refractivity (Wildman–Crippen MR) is 76.5 cm³/mol. The van der Waals surface area contributed by atoms with Gasteiger partial charge in [-0.15, -0.1) is 0 Å². The molecule has 1 heterocycles. The van der Waals surface area contributed by atoms with Gasteiger partial charge < -0.3 is 5.73 Å². The smallest absolute Gasteiger partial charge is 0.129 e. The molecule has 0 atom stereocenters. The predicted octanol–water partition coefficient (Wildman–Crippen LogP) is 3.36. The molecule has 0 saturated heterocycles. The second-order valence-corrected chi connectivity index (χ2v) is 4.97. The summed E-state index contributed by atoms with van der Waals surface area (Å²) < 4.78 is 1.76. The van der Waals surface area contributed by atoms with E-state index in [4.69, 9.17) is 5.73 Å². The minimum absolute atomic E-state index is 0.370. The van der Waals surface area contributed by atoms with Gasteiger partial charge in [0.05, 0.1) is 5.69 Å². The number of aromatic nitrogens is 2. The van der Waals surface area contributed by atoms with Crippen molar-refractivity contribution in [1.29, 1.82) is 0 Å². The van der Waals surface area contributed by atoms with Gasteiger partial charge in [-0.05, 0) is 23.5 Å². The quantitative estimate of drug-likeness (QED) is 0.898. The van der Waals surface area contributed by atoms with Crippen molar-refractivity contribution in [2.45, 2.75) is 33.1 Å². The summed E-state index contributed by atoms with van der Waals surface area (Å²) in [7, 11) is 1.89. The highest BCUT2D eigenvalue weighted by Gasteiger charge is 2.17. The summed E-state index contributed by atoms with van der Waals surface area (Å²) in [5, 5.41) is 4.52. The lowest BCUT2D eigenvalue weighted by Gasteiger charge is -2.07. The fourth-order valence-corrected chi connectivity index (χ4v) is 2.17. The van der Waals surface area contributed by atoms with Gasteiger partial charge in [0.25, 0.3) is 0 Å². The molecule has 0 unspecified atom stereocenters. The first-order chi connectivity index (χ1) is 8.54. The van der Waals surface area contributed by atoms with Gasteiger partial charge in [-0.2, -0.15) is 5.10 Å². The Balaban J connectivity index is 2.54. The SMILES string of the molecule is CCc1ccc(-c2c(C(C)C)nn(C)c2N)cc1. The van der Waals surface area contributed by atoms with Gasteiger partial charge in [0.2, 0.25) is 0 Å². The van der Waals surface area contributed by atoms with Crippen molar-refractivity contribution in [3.8, 4) is 11.1 Å². The van der Waals surface area contributed by atoms with Crippen LogP contribution < -0.4 is 5.73 Å². The summed E-state index contributed by atoms with van der Waals surface area (Å²) in [6.45, 7) is 6.45. The Morgan fingerprint density at radius 2 is 1.83 bits per heavy atom. The Hall–Kier alpha value is -1.77. The fraction of sp³-hybridized carbons (Fsp3) is 0.400. The molecule has 18 heavy (non-hydrogen) atoms. The second-order valence-electron chi connectivity index (χ2n) is 4.97. The number of rotatable bonds is 3. The number of nitrogen functional groups attached to an aromatic ring is 1. The van der Waals surface area contributed by atoms with Crippen LogP contribution in [0.3, 0.4) is 0 Å². The Morgan fingerprint density at radius 1 is 1.22 bits per heavy atom. The zero-order valence-electron chi connectivity index (χ0n) is 11.6. The normalized spacial score (nSPS) is 11.2. The van der Waals surface area contributed by atoms with Crippen molar-refractivity contribution in [1.82, 2.24) is 9.78 Å². The first kappa shape index (κ1) is 12.7. The molecule has 0 saturated carbocycles. The molecule has 0 aliphatic carbocycles. The molecular formula is C15H21N3. The average Bonchev–Trinajstić information content (AvgIpc) is 2.66. The van der Waals surface area contributed by atoms with Crippen LogP contribution in [0.5, 0.6) is 0 Å². The van der Waals surface area contributed by atoms with Crippen LogP contribution in [0.25, 0.3) is 11.1 Å². The number of anilines is 1. The molecule has 0 aliphatic heterocycles. The highest BCUT2D eigenvalue weighted by molar-refractivity contribution is 5.77. The molecule has 0 radical (unpaired) electrons. The molecule has 3 nitrogen and oxygen atoms in total. The molecule has 0 amide bonds. The minimum Gasteiger partial charge on any atom is -0.383 e. The lowest BCUT2D eigenvalue weighted by molar-refractivity contribution is 0.719. The maximum Gasteiger partial charge on any atom is 0.129 e. The van der Waals surface area contributed by atoms with Gasteiger partial charge in [-0.3, -0.25) is 4.68 Å². The zero-order chi connectivity index (χ0) is 13.3. The molecule has 0 bridgehead atoms. The lowest BCUT2D eigenvalue weighted by atomic mass is 9.98. The third-order valence-electron chi connectivity index (χ3n) is 3.32. The van der Waals surface area contributed by atoms with Crippen LogP contribution >= 0.6 is 0 Å². The summed E-state index contributed by atoms with van der Waals surface area (Å²) in [4.78, 5) is 0. The molecule has 2 rings (SSSR count). The second kappa shape index (κ2) is 4.84. The third-order valence-corrected chi connectivity index (χ3v) is 3.32. The van der Waals surface area contributed by atoms with Crippen LogP contribution in [0.1, 0.15) is 37.9 Å². The molecule has 1 aromatic carbocycles. The third kappa shape index (κ3) is 2.13. The van der Waals surface area contributed by atoms with Gasteiger partial charge in [0, 0.05) is 12.6 Å². The van der Waals surface area contributed by atoms with Crippen LogP contribution in [0, 0.1) is 0 Å². The minimum atomic E-state index is 0.370. The van der Waals surface area contributed by atoms with Crippen LogP contribution in [0.15, 0.2) is 24.3 Å². The first-order valence-electron chi connectivity index (χ1n) is 6.46. The van der Waals surface area contributed by atoms with Crippen molar-refractivity contribution < 1.29 is 0 Å². The highest BCUT2D eigenvalue weighted by Crippen LogP contribution is 2.33. The van der Waals surface area contributed by atoms with Gasteiger partial charge in [0.1, 0.15) is 5.82 Å². The lowest BCUT2D eigenvalue weighted by Crippen LogP contribution is -1.98. The van der Waals surface area contributed by atoms with Crippen LogP contribution in [0.2, 0.25) is 0 Å². The molecule has 0 aliphatic rings. The first-order valence-corrected chi connectivity index (χ1v) is 6.46. The summed E-state index contributed by atoms with van der Waals surface area (Å²) in [5.74, 6) is 1.11. The van der Waals surface area contributed by atoms with Crippen LogP contribution in [-0.4, -0.2) is 9.78 Å². The van der Waals surface area contributed by atoms with Crippen molar-refractivity contribution in [2.24, 2.45) is 7.05 Å². The Labute approximate surface area is 109 Å². The van der Waals surface area contributed by atoms with E-state index in [1.165, 1.54) is 5.56 Å². The summed E-state index contributed by atoms with van der Waals surface area (Å²) in [6, 6.07) is 8.59. The Bertz CT molecular complexity index is 536. The van der Waals surface area contributed by atoms with E-state index in [2.05, 4.69) is 50.1 Å². The van der Waals surface area contributed by atoms with E-state index in [0.29, 0.717) is 5.92 Å².